The average Bonchev–Trinajstić information content (AvgIpc) is 3.04. The molecular weight excluding hydrogens is 511 g/mol. The number of rotatable bonds is 7. The third-order valence-electron chi connectivity index (χ3n) is 3.87. The number of benzene rings is 1. The first kappa shape index (κ1) is 24.6. The molecule has 1 unspecified atom stereocenters. The number of aryl methyl sites for hydroxylation is 1. The van der Waals surface area contributed by atoms with E-state index in [9.17, 15) is 4.79 Å². The SMILES string of the molecule is CCOC(=O)c1sc(C(C)NC(=NC)NCCc2ccccc2Cl)nc1C.I. The van der Waals surface area contributed by atoms with Crippen molar-refractivity contribution in [2.45, 2.75) is 33.2 Å². The molecule has 6 nitrogen and oxygen atoms in total. The number of halogens is 2. The third kappa shape index (κ3) is 6.89. The largest absolute Gasteiger partial charge is 0.462 e. The van der Waals surface area contributed by atoms with Crippen LogP contribution in [0.3, 0.4) is 0 Å². The van der Waals surface area contributed by atoms with Gasteiger partial charge in [-0.05, 0) is 38.8 Å². The average molecular weight is 537 g/mol. The minimum absolute atomic E-state index is 0. The van der Waals surface area contributed by atoms with Crippen molar-refractivity contribution in [3.05, 3.63) is 50.4 Å². The van der Waals surface area contributed by atoms with Crippen molar-refractivity contribution in [3.63, 3.8) is 0 Å². The van der Waals surface area contributed by atoms with E-state index in [1.807, 2.05) is 38.1 Å². The lowest BCUT2D eigenvalue weighted by Gasteiger charge is -2.16. The van der Waals surface area contributed by atoms with Gasteiger partial charge in [0.15, 0.2) is 5.96 Å². The Hall–Kier alpha value is -1.39. The second-order valence-electron chi connectivity index (χ2n) is 5.89. The summed E-state index contributed by atoms with van der Waals surface area (Å²) in [4.78, 5) is 21.3. The molecule has 154 valence electrons. The first-order valence-electron chi connectivity index (χ1n) is 8.81. The zero-order chi connectivity index (χ0) is 19.8. The summed E-state index contributed by atoms with van der Waals surface area (Å²) in [6.07, 6.45) is 0.790. The van der Waals surface area contributed by atoms with Crippen LogP contribution in [0, 0.1) is 6.92 Å². The molecule has 0 aliphatic carbocycles. The quantitative estimate of drug-likeness (QED) is 0.238. The summed E-state index contributed by atoms with van der Waals surface area (Å²) in [5.74, 6) is 0.341. The summed E-state index contributed by atoms with van der Waals surface area (Å²) in [5, 5.41) is 8.15. The molecule has 0 aliphatic rings. The summed E-state index contributed by atoms with van der Waals surface area (Å²) in [5.41, 5.74) is 1.77. The number of nitrogens with one attached hydrogen (secondary N) is 2. The van der Waals surface area contributed by atoms with Crippen LogP contribution in [0.25, 0.3) is 0 Å². The van der Waals surface area contributed by atoms with Gasteiger partial charge in [-0.15, -0.1) is 35.3 Å². The fourth-order valence-electron chi connectivity index (χ4n) is 2.47. The smallest absolute Gasteiger partial charge is 0.350 e. The van der Waals surface area contributed by atoms with Crippen molar-refractivity contribution in [2.24, 2.45) is 4.99 Å². The predicted molar refractivity (Wildman–Crippen MR) is 126 cm³/mol. The summed E-state index contributed by atoms with van der Waals surface area (Å²) in [6.45, 7) is 6.63. The highest BCUT2D eigenvalue weighted by Gasteiger charge is 2.20. The molecule has 0 bridgehead atoms. The van der Waals surface area contributed by atoms with Gasteiger partial charge in [0.1, 0.15) is 9.88 Å². The van der Waals surface area contributed by atoms with Crippen molar-refractivity contribution in [1.82, 2.24) is 15.6 Å². The number of aromatic nitrogens is 1. The molecule has 1 atom stereocenters. The van der Waals surface area contributed by atoms with Crippen LogP contribution in [0.1, 0.15) is 45.8 Å². The maximum atomic E-state index is 12.0. The van der Waals surface area contributed by atoms with Crippen LogP contribution in [0.5, 0.6) is 0 Å². The fourth-order valence-corrected chi connectivity index (χ4v) is 3.66. The highest BCUT2D eigenvalue weighted by Crippen LogP contribution is 2.24. The second kappa shape index (κ2) is 12.2. The Morgan fingerprint density at radius 2 is 2.11 bits per heavy atom. The van der Waals surface area contributed by atoms with Crippen molar-refractivity contribution < 1.29 is 9.53 Å². The van der Waals surface area contributed by atoms with Gasteiger partial charge in [0, 0.05) is 18.6 Å². The van der Waals surface area contributed by atoms with E-state index in [1.165, 1.54) is 11.3 Å². The molecule has 9 heteroatoms. The molecule has 28 heavy (non-hydrogen) atoms. The van der Waals surface area contributed by atoms with Gasteiger partial charge in [-0.2, -0.15) is 0 Å². The maximum Gasteiger partial charge on any atom is 0.350 e. The van der Waals surface area contributed by atoms with Gasteiger partial charge in [0.25, 0.3) is 0 Å². The molecule has 1 heterocycles. The summed E-state index contributed by atoms with van der Waals surface area (Å²) < 4.78 is 5.07. The monoisotopic (exact) mass is 536 g/mol. The lowest BCUT2D eigenvalue weighted by molar-refractivity contribution is 0.0531. The number of hydrogen-bond donors (Lipinski definition) is 2. The van der Waals surface area contributed by atoms with Crippen LogP contribution in [0.15, 0.2) is 29.3 Å². The van der Waals surface area contributed by atoms with E-state index >= 15 is 0 Å². The highest BCUT2D eigenvalue weighted by molar-refractivity contribution is 14.0. The Kier molecular flexibility index (Phi) is 10.8. The van der Waals surface area contributed by atoms with Gasteiger partial charge in [-0.1, -0.05) is 29.8 Å². The molecule has 0 saturated carbocycles. The van der Waals surface area contributed by atoms with Crippen LogP contribution < -0.4 is 10.6 Å². The van der Waals surface area contributed by atoms with Gasteiger partial charge in [0.05, 0.1) is 18.3 Å². The molecule has 0 radical (unpaired) electrons. The number of nitrogens with zero attached hydrogens (tertiary/aromatic N) is 2. The minimum atomic E-state index is -0.326. The topological polar surface area (TPSA) is 75.6 Å². The van der Waals surface area contributed by atoms with Crippen molar-refractivity contribution in [2.75, 3.05) is 20.2 Å². The first-order chi connectivity index (χ1) is 13.0. The number of aliphatic imine (C=N–C) groups is 1. The molecule has 1 aromatic heterocycles. The maximum absolute atomic E-state index is 12.0. The molecule has 0 saturated heterocycles. The van der Waals surface area contributed by atoms with Gasteiger partial charge < -0.3 is 15.4 Å². The number of carbonyl (C=O) groups excluding carboxylic acids is 1. The summed E-state index contributed by atoms with van der Waals surface area (Å²) in [6, 6.07) is 7.70. The van der Waals surface area contributed by atoms with E-state index in [4.69, 9.17) is 16.3 Å². The highest BCUT2D eigenvalue weighted by atomic mass is 127. The molecular formula is C19H26ClIN4O2S. The number of thiazole rings is 1. The summed E-state index contributed by atoms with van der Waals surface area (Å²) in [7, 11) is 1.72. The van der Waals surface area contributed by atoms with Crippen LogP contribution in [0.2, 0.25) is 5.02 Å². The Morgan fingerprint density at radius 3 is 2.75 bits per heavy atom. The Balaban J connectivity index is 0.00000392. The van der Waals surface area contributed by atoms with Crippen LogP contribution in [-0.2, 0) is 11.2 Å². The number of esters is 1. The zero-order valence-electron chi connectivity index (χ0n) is 16.4. The van der Waals surface area contributed by atoms with E-state index in [-0.39, 0.29) is 36.0 Å². The van der Waals surface area contributed by atoms with Gasteiger partial charge in [0.2, 0.25) is 0 Å². The number of hydrogen-bond acceptors (Lipinski definition) is 5. The molecule has 0 fully saturated rings. The molecule has 1 aromatic carbocycles. The van der Waals surface area contributed by atoms with Crippen LogP contribution in [-0.4, -0.2) is 37.1 Å². The van der Waals surface area contributed by atoms with Gasteiger partial charge in [-0.3, -0.25) is 4.99 Å². The van der Waals surface area contributed by atoms with E-state index in [2.05, 4.69) is 20.6 Å². The van der Waals surface area contributed by atoms with Gasteiger partial charge in [-0.25, -0.2) is 9.78 Å². The molecule has 0 amide bonds. The second-order valence-corrected chi connectivity index (χ2v) is 7.33. The van der Waals surface area contributed by atoms with Crippen LogP contribution in [0.4, 0.5) is 0 Å². The molecule has 2 N–H and O–H groups in total. The van der Waals surface area contributed by atoms with Crippen LogP contribution >= 0.6 is 46.9 Å². The lowest BCUT2D eigenvalue weighted by atomic mass is 10.1. The van der Waals surface area contributed by atoms with E-state index in [0.29, 0.717) is 29.7 Å². The van der Waals surface area contributed by atoms with Gasteiger partial charge >= 0.3 is 5.97 Å². The molecule has 0 spiro atoms. The minimum Gasteiger partial charge on any atom is -0.462 e. The fraction of sp³-hybridized carbons (Fsp3) is 0.421. The predicted octanol–water partition coefficient (Wildman–Crippen LogP) is 4.37. The first-order valence-corrected chi connectivity index (χ1v) is 10.0. The third-order valence-corrected chi connectivity index (χ3v) is 5.55. The normalized spacial score (nSPS) is 12.1. The van der Waals surface area contributed by atoms with E-state index < -0.39 is 0 Å². The van der Waals surface area contributed by atoms with E-state index in [1.54, 1.807) is 14.0 Å². The summed E-state index contributed by atoms with van der Waals surface area (Å²) >= 11 is 7.53. The standard InChI is InChI=1S/C19H25ClN4O2S.HI/c1-5-26-18(25)16-12(2)23-17(27-16)13(3)24-19(21-4)22-11-10-14-8-6-7-9-15(14)20;/h6-9,13H,5,10-11H2,1-4H3,(H2,21,22,24);1H. The van der Waals surface area contributed by atoms with Crippen molar-refractivity contribution >= 4 is 58.8 Å². The number of ether oxygens (including phenoxy) is 1. The van der Waals surface area contributed by atoms with Crippen molar-refractivity contribution in [3.8, 4) is 0 Å². The molecule has 2 aromatic rings. The van der Waals surface area contributed by atoms with Crippen molar-refractivity contribution in [1.29, 1.82) is 0 Å². The Labute approximate surface area is 192 Å². The zero-order valence-corrected chi connectivity index (χ0v) is 20.3. The number of carbonyl (C=O) groups is 1. The molecule has 0 aliphatic heterocycles. The number of guanidine groups is 1. The Bertz CT molecular complexity index is 813. The molecule has 2 rings (SSSR count). The lowest BCUT2D eigenvalue weighted by Crippen LogP contribution is -2.39. The van der Waals surface area contributed by atoms with E-state index in [0.717, 1.165) is 22.0 Å². The Morgan fingerprint density at radius 1 is 1.39 bits per heavy atom.